The molecule has 0 bridgehead atoms. The summed E-state index contributed by atoms with van der Waals surface area (Å²) in [5.41, 5.74) is 0. The molecule has 0 aromatic rings. The number of rotatable bonds is 45. The number of hydrogen-bond acceptors (Lipinski definition) is 5. The number of aliphatic hydroxyl groups excluding tert-OH is 2. The number of hydrogen-bond donors (Lipinski definition) is 3. The van der Waals surface area contributed by atoms with Crippen LogP contribution in [0.4, 0.5) is 0 Å². The highest BCUT2D eigenvalue weighted by Gasteiger charge is 2.24. The molecule has 0 radical (unpaired) electrons. The van der Waals surface area contributed by atoms with Crippen LogP contribution in [0.2, 0.25) is 0 Å². The minimum absolute atomic E-state index is 0.0793. The summed E-state index contributed by atoms with van der Waals surface area (Å²) in [6.45, 7) is 6.45. The predicted octanol–water partition coefficient (Wildman–Crippen LogP) is 14.7. The van der Waals surface area contributed by atoms with Gasteiger partial charge >= 0.3 is 5.97 Å². The van der Waals surface area contributed by atoms with E-state index in [1.54, 1.807) is 0 Å². The Bertz CT molecular complexity index is 904. The van der Waals surface area contributed by atoms with Gasteiger partial charge in [0.2, 0.25) is 5.91 Å². The van der Waals surface area contributed by atoms with Gasteiger partial charge in [0.25, 0.3) is 0 Å². The van der Waals surface area contributed by atoms with Crippen molar-refractivity contribution in [1.29, 1.82) is 0 Å². The first-order chi connectivity index (χ1) is 28.0. The molecule has 0 aliphatic rings. The van der Waals surface area contributed by atoms with E-state index in [-0.39, 0.29) is 24.9 Å². The van der Waals surface area contributed by atoms with Crippen molar-refractivity contribution < 1.29 is 24.5 Å². The van der Waals surface area contributed by atoms with E-state index < -0.39 is 18.2 Å². The van der Waals surface area contributed by atoms with Crippen molar-refractivity contribution in [2.45, 2.75) is 283 Å². The first-order valence-corrected chi connectivity index (χ1v) is 25.1. The molecule has 57 heavy (non-hydrogen) atoms. The molecule has 0 aromatic heterocycles. The van der Waals surface area contributed by atoms with Gasteiger partial charge in [-0.2, -0.15) is 0 Å². The van der Waals surface area contributed by atoms with Crippen molar-refractivity contribution in [3.05, 3.63) is 24.3 Å². The number of esters is 1. The fourth-order valence-corrected chi connectivity index (χ4v) is 7.70. The van der Waals surface area contributed by atoms with Gasteiger partial charge in [-0.25, -0.2) is 0 Å². The predicted molar refractivity (Wildman–Crippen MR) is 246 cm³/mol. The molecule has 0 aliphatic carbocycles. The Morgan fingerprint density at radius 2 is 0.895 bits per heavy atom. The maximum atomic E-state index is 13.1. The number of aliphatic hydroxyl groups is 2. The number of carbonyl (C=O) groups is 2. The summed E-state index contributed by atoms with van der Waals surface area (Å²) >= 11 is 0. The van der Waals surface area contributed by atoms with Gasteiger partial charge in [0.05, 0.1) is 25.2 Å². The molecule has 3 atom stereocenters. The molecular formula is C51H97NO5. The van der Waals surface area contributed by atoms with Crippen LogP contribution in [0.1, 0.15) is 265 Å². The van der Waals surface area contributed by atoms with Crippen LogP contribution in [0.25, 0.3) is 0 Å². The lowest BCUT2D eigenvalue weighted by molar-refractivity contribution is -0.151. The molecule has 0 rings (SSSR count). The molecule has 0 aliphatic heterocycles. The largest absolute Gasteiger partial charge is 0.462 e. The van der Waals surface area contributed by atoms with Crippen LogP contribution < -0.4 is 5.32 Å². The van der Waals surface area contributed by atoms with Crippen LogP contribution in [0.15, 0.2) is 24.3 Å². The summed E-state index contributed by atoms with van der Waals surface area (Å²) in [6, 6.07) is -0.696. The average molecular weight is 804 g/mol. The second kappa shape index (κ2) is 45.4. The number of amides is 1. The number of allylic oxidation sites excluding steroid dienone is 4. The van der Waals surface area contributed by atoms with Crippen molar-refractivity contribution in [3.8, 4) is 0 Å². The molecule has 0 aromatic carbocycles. The maximum absolute atomic E-state index is 13.1. The Morgan fingerprint density at radius 1 is 0.509 bits per heavy atom. The number of unbranched alkanes of at least 4 members (excludes halogenated alkanes) is 29. The van der Waals surface area contributed by atoms with Crippen LogP contribution in [0.3, 0.4) is 0 Å². The van der Waals surface area contributed by atoms with Crippen molar-refractivity contribution in [3.63, 3.8) is 0 Å². The SMILES string of the molecule is CCCCC/C=C\C/C=C\CCCCCCCCCC(=O)OC(CCCCCCCCCCCCC)CC(=O)NC(CO)C(O)CCCCCCCCCCCC. The summed E-state index contributed by atoms with van der Waals surface area (Å²) in [5, 5.41) is 23.7. The van der Waals surface area contributed by atoms with Gasteiger partial charge in [-0.15, -0.1) is 0 Å². The lowest BCUT2D eigenvalue weighted by Gasteiger charge is -2.24. The molecule has 6 heteroatoms. The highest BCUT2D eigenvalue weighted by atomic mass is 16.5. The van der Waals surface area contributed by atoms with Gasteiger partial charge in [-0.05, 0) is 57.8 Å². The Balaban J connectivity index is 4.51. The van der Waals surface area contributed by atoms with Gasteiger partial charge in [-0.3, -0.25) is 9.59 Å². The zero-order valence-electron chi connectivity index (χ0n) is 38.2. The van der Waals surface area contributed by atoms with Crippen LogP contribution in [-0.4, -0.2) is 46.9 Å². The first kappa shape index (κ1) is 55.3. The van der Waals surface area contributed by atoms with Crippen molar-refractivity contribution >= 4 is 11.9 Å². The fraction of sp³-hybridized carbons (Fsp3) is 0.882. The van der Waals surface area contributed by atoms with Gasteiger partial charge in [0.15, 0.2) is 0 Å². The highest BCUT2D eigenvalue weighted by molar-refractivity contribution is 5.77. The Hall–Kier alpha value is -1.66. The second-order valence-electron chi connectivity index (χ2n) is 17.2. The van der Waals surface area contributed by atoms with E-state index in [2.05, 4.69) is 50.4 Å². The zero-order valence-corrected chi connectivity index (χ0v) is 38.2. The van der Waals surface area contributed by atoms with E-state index >= 15 is 0 Å². The zero-order chi connectivity index (χ0) is 41.7. The lowest BCUT2D eigenvalue weighted by atomic mass is 10.0. The topological polar surface area (TPSA) is 95.9 Å². The van der Waals surface area contributed by atoms with Crippen LogP contribution in [0.5, 0.6) is 0 Å². The molecule has 1 amide bonds. The van der Waals surface area contributed by atoms with E-state index in [9.17, 15) is 19.8 Å². The fourth-order valence-electron chi connectivity index (χ4n) is 7.70. The van der Waals surface area contributed by atoms with E-state index in [4.69, 9.17) is 4.74 Å². The number of ether oxygens (including phenoxy) is 1. The summed E-state index contributed by atoms with van der Waals surface area (Å²) in [4.78, 5) is 26.1. The minimum atomic E-state index is -0.783. The molecule has 3 N–H and O–H groups in total. The summed E-state index contributed by atoms with van der Waals surface area (Å²) in [7, 11) is 0. The third kappa shape index (κ3) is 40.9. The third-order valence-corrected chi connectivity index (χ3v) is 11.5. The second-order valence-corrected chi connectivity index (χ2v) is 17.2. The minimum Gasteiger partial charge on any atom is -0.462 e. The van der Waals surface area contributed by atoms with E-state index in [0.717, 1.165) is 57.8 Å². The molecule has 0 fully saturated rings. The Kier molecular flexibility index (Phi) is 44.1. The quantitative estimate of drug-likeness (QED) is 0.0324. The van der Waals surface area contributed by atoms with Crippen molar-refractivity contribution in [2.24, 2.45) is 0 Å². The van der Waals surface area contributed by atoms with Gasteiger partial charge in [0.1, 0.15) is 6.10 Å². The van der Waals surface area contributed by atoms with Gasteiger partial charge < -0.3 is 20.3 Å². The third-order valence-electron chi connectivity index (χ3n) is 11.5. The Morgan fingerprint density at radius 3 is 1.37 bits per heavy atom. The normalized spacial score (nSPS) is 13.4. The first-order valence-electron chi connectivity index (χ1n) is 25.1. The number of nitrogens with one attached hydrogen (secondary N) is 1. The molecule has 336 valence electrons. The molecule has 0 saturated carbocycles. The summed E-state index contributed by atoms with van der Waals surface area (Å²) in [6.07, 6.45) is 50.9. The summed E-state index contributed by atoms with van der Waals surface area (Å²) in [5.74, 6) is -0.472. The van der Waals surface area contributed by atoms with Crippen LogP contribution in [0, 0.1) is 0 Å². The highest BCUT2D eigenvalue weighted by Crippen LogP contribution is 2.18. The van der Waals surface area contributed by atoms with Crippen LogP contribution in [-0.2, 0) is 14.3 Å². The molecule has 3 unspecified atom stereocenters. The van der Waals surface area contributed by atoms with E-state index in [1.807, 2.05) is 0 Å². The maximum Gasteiger partial charge on any atom is 0.306 e. The van der Waals surface area contributed by atoms with Crippen molar-refractivity contribution in [1.82, 2.24) is 5.32 Å². The molecule has 0 saturated heterocycles. The van der Waals surface area contributed by atoms with Gasteiger partial charge in [0, 0.05) is 6.42 Å². The molecule has 0 heterocycles. The lowest BCUT2D eigenvalue weighted by Crippen LogP contribution is -2.46. The molecule has 0 spiro atoms. The molecular weight excluding hydrogens is 707 g/mol. The smallest absolute Gasteiger partial charge is 0.306 e. The number of carbonyl (C=O) groups excluding carboxylic acids is 2. The molecule has 6 nitrogen and oxygen atoms in total. The Labute approximate surface area is 354 Å². The van der Waals surface area contributed by atoms with E-state index in [1.165, 1.54) is 161 Å². The van der Waals surface area contributed by atoms with Crippen molar-refractivity contribution in [2.75, 3.05) is 6.61 Å². The van der Waals surface area contributed by atoms with Crippen LogP contribution >= 0.6 is 0 Å². The van der Waals surface area contributed by atoms with Gasteiger partial charge in [-0.1, -0.05) is 218 Å². The standard InChI is InChI=1S/C51H97NO5/c1-4-7-10-13-16-19-22-23-24-25-26-27-29-32-35-38-41-44-51(56)57-47(42-39-36-33-30-28-20-17-14-11-8-5-2)45-50(55)52-48(46-53)49(54)43-40-37-34-31-21-18-15-12-9-6-3/h16,19,23-24,47-49,53-54H,4-15,17-18,20-22,25-46H2,1-3H3,(H,52,55)/b19-16-,24-23-. The van der Waals surface area contributed by atoms with E-state index in [0.29, 0.717) is 19.3 Å². The summed E-state index contributed by atoms with van der Waals surface area (Å²) < 4.78 is 5.92. The average Bonchev–Trinajstić information content (AvgIpc) is 3.20. The monoisotopic (exact) mass is 804 g/mol.